The fraction of sp³-hybridized carbons (Fsp3) is 0.957. The Kier molecular flexibility index (Phi) is 4.91. The number of aliphatic hydroxyl groups is 1. The van der Waals surface area contributed by atoms with Crippen molar-refractivity contribution in [1.29, 1.82) is 0 Å². The van der Waals surface area contributed by atoms with E-state index in [1.54, 1.807) is 0 Å². The topological polar surface area (TPSA) is 37.3 Å². The summed E-state index contributed by atoms with van der Waals surface area (Å²) in [6.45, 7) is 7.06. The van der Waals surface area contributed by atoms with Gasteiger partial charge in [0.2, 0.25) is 0 Å². The van der Waals surface area contributed by atoms with Crippen LogP contribution < -0.4 is 0 Å². The van der Waals surface area contributed by atoms with Crippen LogP contribution in [0.3, 0.4) is 0 Å². The molecule has 8 atom stereocenters. The van der Waals surface area contributed by atoms with Crippen molar-refractivity contribution in [2.24, 2.45) is 40.4 Å². The molecule has 3 heteroatoms. The number of fused-ring (bicyclic) bond motifs is 5. The number of carbonyl (C=O) groups is 1. The van der Waals surface area contributed by atoms with Crippen molar-refractivity contribution in [1.82, 2.24) is 0 Å². The number of rotatable bonds is 2. The first kappa shape index (κ1) is 19.4. The first-order valence-corrected chi connectivity index (χ1v) is 12.1. The molecule has 4 rings (SSSR count). The SMILES string of the molecule is C[C@@]1(O)CC[C@@H]2CC[C@@H]3[C@H](CC[C@]4(C)[C@@H](C(=O)CBr)CC[C@@H]34)[C@@]2(C)CC1. The Labute approximate surface area is 168 Å². The smallest absolute Gasteiger partial charge is 0.147 e. The third kappa shape index (κ3) is 2.86. The summed E-state index contributed by atoms with van der Waals surface area (Å²) in [4.78, 5) is 12.6. The Balaban J connectivity index is 1.60. The number of Topliss-reactive ketones (excluding diaryl/α,β-unsaturated/α-hetero) is 1. The van der Waals surface area contributed by atoms with Crippen molar-refractivity contribution in [2.45, 2.75) is 90.6 Å². The van der Waals surface area contributed by atoms with E-state index in [1.807, 2.05) is 0 Å². The summed E-state index contributed by atoms with van der Waals surface area (Å²) in [5, 5.41) is 11.2. The van der Waals surface area contributed by atoms with Crippen LogP contribution in [0.25, 0.3) is 0 Å². The summed E-state index contributed by atoms with van der Waals surface area (Å²) < 4.78 is 0. The van der Waals surface area contributed by atoms with Crippen molar-refractivity contribution >= 4 is 21.7 Å². The van der Waals surface area contributed by atoms with Crippen LogP contribution in [0, 0.1) is 40.4 Å². The standard InChI is InChI=1S/C23H37BrO2/c1-21(26)10-8-15-4-5-16-17-6-7-19(20(25)14-24)23(17,3)11-9-18(16)22(15,2)13-12-21/h15-19,26H,4-14H2,1-3H3/t15-,16-,17-,18-,19+,21+,22-,23-/m0/s1. The van der Waals surface area contributed by atoms with E-state index in [-0.39, 0.29) is 11.3 Å². The Morgan fingerprint density at radius 2 is 1.62 bits per heavy atom. The van der Waals surface area contributed by atoms with Gasteiger partial charge >= 0.3 is 0 Å². The Bertz CT molecular complexity index is 573. The molecule has 4 fully saturated rings. The lowest BCUT2D eigenvalue weighted by atomic mass is 9.46. The van der Waals surface area contributed by atoms with E-state index in [0.717, 1.165) is 42.9 Å². The predicted octanol–water partition coefficient (Wildman–Crippen LogP) is 5.75. The normalized spacial score (nSPS) is 54.0. The van der Waals surface area contributed by atoms with Gasteiger partial charge < -0.3 is 5.11 Å². The zero-order valence-corrected chi connectivity index (χ0v) is 18.5. The van der Waals surface area contributed by atoms with Crippen molar-refractivity contribution < 1.29 is 9.90 Å². The lowest BCUT2D eigenvalue weighted by molar-refractivity contribution is -0.130. The number of halogens is 1. The van der Waals surface area contributed by atoms with Crippen LogP contribution >= 0.6 is 15.9 Å². The average molecular weight is 425 g/mol. The lowest BCUT2D eigenvalue weighted by Gasteiger charge is -2.59. The van der Waals surface area contributed by atoms with E-state index < -0.39 is 5.60 Å². The third-order valence-electron chi connectivity index (χ3n) is 9.82. The second-order valence-electron chi connectivity index (χ2n) is 11.0. The molecule has 0 bridgehead atoms. The van der Waals surface area contributed by atoms with Crippen molar-refractivity contribution in [3.63, 3.8) is 0 Å². The summed E-state index contributed by atoms with van der Waals surface area (Å²) in [6, 6.07) is 0. The van der Waals surface area contributed by atoms with E-state index in [0.29, 0.717) is 16.5 Å². The molecule has 0 amide bonds. The maximum absolute atomic E-state index is 12.6. The first-order valence-electron chi connectivity index (χ1n) is 11.0. The minimum atomic E-state index is -0.459. The van der Waals surface area contributed by atoms with Gasteiger partial charge in [0.05, 0.1) is 10.9 Å². The highest BCUT2D eigenvalue weighted by Gasteiger charge is 2.60. The molecule has 2 nitrogen and oxygen atoms in total. The molecule has 26 heavy (non-hydrogen) atoms. The quantitative estimate of drug-likeness (QED) is 0.572. The van der Waals surface area contributed by atoms with Gasteiger partial charge in [-0.3, -0.25) is 4.79 Å². The fourth-order valence-electron chi connectivity index (χ4n) is 8.17. The van der Waals surface area contributed by atoms with Crippen molar-refractivity contribution in [3.05, 3.63) is 0 Å². The van der Waals surface area contributed by atoms with E-state index in [2.05, 4.69) is 36.7 Å². The third-order valence-corrected chi connectivity index (χ3v) is 10.4. The van der Waals surface area contributed by atoms with Crippen LogP contribution in [0.2, 0.25) is 0 Å². The molecule has 1 N–H and O–H groups in total. The van der Waals surface area contributed by atoms with Crippen LogP contribution in [0.1, 0.15) is 85.0 Å². The fourth-order valence-corrected chi connectivity index (χ4v) is 8.56. The molecular formula is C23H37BrO2. The molecule has 0 saturated heterocycles. The number of hydrogen-bond acceptors (Lipinski definition) is 2. The van der Waals surface area contributed by atoms with Gasteiger partial charge in [-0.15, -0.1) is 0 Å². The molecule has 0 aromatic carbocycles. The molecule has 4 aliphatic rings. The van der Waals surface area contributed by atoms with Gasteiger partial charge in [0.15, 0.2) is 0 Å². The van der Waals surface area contributed by atoms with E-state index in [4.69, 9.17) is 0 Å². The van der Waals surface area contributed by atoms with Crippen LogP contribution in [0.5, 0.6) is 0 Å². The molecule has 0 heterocycles. The highest BCUT2D eigenvalue weighted by molar-refractivity contribution is 9.09. The van der Waals surface area contributed by atoms with Crippen molar-refractivity contribution in [2.75, 3.05) is 5.33 Å². The summed E-state index contributed by atoms with van der Waals surface area (Å²) in [7, 11) is 0. The minimum absolute atomic E-state index is 0.242. The maximum Gasteiger partial charge on any atom is 0.147 e. The summed E-state index contributed by atoms with van der Waals surface area (Å²) in [5.74, 6) is 3.89. The van der Waals surface area contributed by atoms with Crippen LogP contribution in [-0.4, -0.2) is 21.8 Å². The molecular weight excluding hydrogens is 388 g/mol. The average Bonchev–Trinajstić information content (AvgIpc) is 2.90. The minimum Gasteiger partial charge on any atom is -0.390 e. The number of hydrogen-bond donors (Lipinski definition) is 1. The highest BCUT2D eigenvalue weighted by Crippen LogP contribution is 2.67. The molecule has 4 aliphatic carbocycles. The Hall–Kier alpha value is 0.110. The first-order chi connectivity index (χ1) is 12.2. The summed E-state index contributed by atoms with van der Waals surface area (Å²) in [6.07, 6.45) is 12.0. The monoisotopic (exact) mass is 424 g/mol. The Morgan fingerprint density at radius 1 is 0.885 bits per heavy atom. The van der Waals surface area contributed by atoms with Crippen LogP contribution in [-0.2, 0) is 4.79 Å². The zero-order valence-electron chi connectivity index (χ0n) is 16.9. The van der Waals surface area contributed by atoms with Crippen LogP contribution in [0.15, 0.2) is 0 Å². The molecule has 0 aromatic heterocycles. The van der Waals surface area contributed by atoms with E-state index in [1.165, 1.54) is 44.9 Å². The van der Waals surface area contributed by atoms with Gasteiger partial charge in [-0.2, -0.15) is 0 Å². The number of carbonyl (C=O) groups excluding carboxylic acids is 1. The van der Waals surface area contributed by atoms with Crippen LogP contribution in [0.4, 0.5) is 0 Å². The van der Waals surface area contributed by atoms with Crippen molar-refractivity contribution in [3.8, 4) is 0 Å². The Morgan fingerprint density at radius 3 is 2.35 bits per heavy atom. The largest absolute Gasteiger partial charge is 0.390 e. The van der Waals surface area contributed by atoms with E-state index >= 15 is 0 Å². The number of ketones is 1. The molecule has 4 saturated carbocycles. The van der Waals surface area contributed by atoms with Gasteiger partial charge in [0.1, 0.15) is 5.78 Å². The number of alkyl halides is 1. The summed E-state index contributed by atoms with van der Waals surface area (Å²) in [5.41, 5.74) is 0.188. The van der Waals surface area contributed by atoms with Gasteiger partial charge in [-0.25, -0.2) is 0 Å². The second-order valence-corrected chi connectivity index (χ2v) is 11.5. The molecule has 0 aliphatic heterocycles. The molecule has 0 unspecified atom stereocenters. The summed E-state index contributed by atoms with van der Waals surface area (Å²) >= 11 is 3.43. The predicted molar refractivity (Wildman–Crippen MR) is 109 cm³/mol. The lowest BCUT2D eigenvalue weighted by Crippen LogP contribution is -2.52. The molecule has 0 radical (unpaired) electrons. The van der Waals surface area contributed by atoms with Gasteiger partial charge in [-0.05, 0) is 106 Å². The zero-order chi connectivity index (χ0) is 18.7. The second kappa shape index (κ2) is 6.58. The maximum atomic E-state index is 12.6. The molecule has 0 spiro atoms. The van der Waals surface area contributed by atoms with E-state index in [9.17, 15) is 9.90 Å². The van der Waals surface area contributed by atoms with Gasteiger partial charge in [0, 0.05) is 5.92 Å². The highest BCUT2D eigenvalue weighted by atomic mass is 79.9. The van der Waals surface area contributed by atoms with Gasteiger partial charge in [0.25, 0.3) is 0 Å². The van der Waals surface area contributed by atoms with Gasteiger partial charge in [-0.1, -0.05) is 29.8 Å². The molecule has 148 valence electrons. The molecule has 0 aromatic rings.